The SMILES string of the molecule is CCN(CCN=C(N)NC(C)C)c1cccc(C)c1. The Kier molecular flexibility index (Phi) is 6.19. The number of benzene rings is 1. The highest BCUT2D eigenvalue weighted by Gasteiger charge is 2.03. The highest BCUT2D eigenvalue weighted by Crippen LogP contribution is 2.15. The number of nitrogens with one attached hydrogen (secondary N) is 1. The zero-order chi connectivity index (χ0) is 14.3. The highest BCUT2D eigenvalue weighted by molar-refractivity contribution is 5.78. The Morgan fingerprint density at radius 3 is 2.74 bits per heavy atom. The zero-order valence-electron chi connectivity index (χ0n) is 12.5. The third-order valence-electron chi connectivity index (χ3n) is 2.84. The molecule has 0 aliphatic carbocycles. The van der Waals surface area contributed by atoms with Crippen LogP contribution in [-0.2, 0) is 0 Å². The fourth-order valence-electron chi connectivity index (χ4n) is 1.93. The number of guanidine groups is 1. The summed E-state index contributed by atoms with van der Waals surface area (Å²) in [5.74, 6) is 0.523. The van der Waals surface area contributed by atoms with Gasteiger partial charge in [-0.25, -0.2) is 0 Å². The number of likely N-dealkylation sites (N-methyl/N-ethyl adjacent to an activating group) is 1. The Labute approximate surface area is 116 Å². The first-order chi connectivity index (χ1) is 9.02. The third-order valence-corrected chi connectivity index (χ3v) is 2.84. The maximum Gasteiger partial charge on any atom is 0.188 e. The van der Waals surface area contributed by atoms with Gasteiger partial charge >= 0.3 is 0 Å². The number of hydrogen-bond donors (Lipinski definition) is 2. The zero-order valence-corrected chi connectivity index (χ0v) is 12.5. The van der Waals surface area contributed by atoms with E-state index in [1.54, 1.807) is 0 Å². The molecule has 0 aliphatic rings. The second-order valence-electron chi connectivity index (χ2n) is 4.98. The van der Waals surface area contributed by atoms with E-state index in [1.165, 1.54) is 11.3 Å². The van der Waals surface area contributed by atoms with Gasteiger partial charge in [0.05, 0.1) is 6.54 Å². The predicted octanol–water partition coefficient (Wildman–Crippen LogP) is 2.13. The molecule has 19 heavy (non-hydrogen) atoms. The van der Waals surface area contributed by atoms with E-state index in [1.807, 2.05) is 13.8 Å². The van der Waals surface area contributed by atoms with Crippen LogP contribution in [0.4, 0.5) is 5.69 Å². The summed E-state index contributed by atoms with van der Waals surface area (Å²) >= 11 is 0. The molecule has 0 aromatic heterocycles. The number of hydrogen-bond acceptors (Lipinski definition) is 2. The summed E-state index contributed by atoms with van der Waals surface area (Å²) < 4.78 is 0. The molecule has 0 amide bonds. The first-order valence-electron chi connectivity index (χ1n) is 6.91. The van der Waals surface area contributed by atoms with Crippen LogP contribution in [0.5, 0.6) is 0 Å². The summed E-state index contributed by atoms with van der Waals surface area (Å²) in [6.45, 7) is 10.9. The van der Waals surface area contributed by atoms with Gasteiger partial charge in [-0.05, 0) is 45.4 Å². The van der Waals surface area contributed by atoms with E-state index in [0.29, 0.717) is 18.5 Å². The second-order valence-corrected chi connectivity index (χ2v) is 4.98. The first-order valence-corrected chi connectivity index (χ1v) is 6.91. The van der Waals surface area contributed by atoms with Crippen molar-refractivity contribution < 1.29 is 0 Å². The van der Waals surface area contributed by atoms with Gasteiger partial charge in [-0.3, -0.25) is 4.99 Å². The van der Waals surface area contributed by atoms with Crippen LogP contribution in [0.2, 0.25) is 0 Å². The average molecular weight is 262 g/mol. The smallest absolute Gasteiger partial charge is 0.188 e. The van der Waals surface area contributed by atoms with Gasteiger partial charge in [-0.15, -0.1) is 0 Å². The van der Waals surface area contributed by atoms with Crippen molar-refractivity contribution in [2.45, 2.75) is 33.7 Å². The molecule has 4 nitrogen and oxygen atoms in total. The molecule has 0 unspecified atom stereocenters. The van der Waals surface area contributed by atoms with Crippen LogP contribution in [0.1, 0.15) is 26.3 Å². The van der Waals surface area contributed by atoms with Crippen molar-refractivity contribution in [1.82, 2.24) is 5.32 Å². The minimum Gasteiger partial charge on any atom is -0.370 e. The molecule has 0 saturated heterocycles. The number of nitrogens with zero attached hydrogens (tertiary/aromatic N) is 2. The van der Waals surface area contributed by atoms with Gasteiger partial charge in [0.25, 0.3) is 0 Å². The Balaban J connectivity index is 2.54. The normalized spacial score (nSPS) is 11.7. The van der Waals surface area contributed by atoms with Crippen LogP contribution in [-0.4, -0.2) is 31.6 Å². The lowest BCUT2D eigenvalue weighted by Crippen LogP contribution is -2.37. The van der Waals surface area contributed by atoms with Crippen LogP contribution in [0, 0.1) is 6.92 Å². The van der Waals surface area contributed by atoms with E-state index in [2.05, 4.69) is 53.3 Å². The Morgan fingerprint density at radius 1 is 1.42 bits per heavy atom. The molecule has 0 heterocycles. The van der Waals surface area contributed by atoms with Crippen molar-refractivity contribution in [1.29, 1.82) is 0 Å². The van der Waals surface area contributed by atoms with Crippen LogP contribution in [0.25, 0.3) is 0 Å². The van der Waals surface area contributed by atoms with E-state index in [4.69, 9.17) is 5.73 Å². The molecular weight excluding hydrogens is 236 g/mol. The molecular formula is C15H26N4. The lowest BCUT2D eigenvalue weighted by molar-refractivity contribution is 0.721. The van der Waals surface area contributed by atoms with E-state index < -0.39 is 0 Å². The largest absolute Gasteiger partial charge is 0.370 e. The minimum absolute atomic E-state index is 0.322. The van der Waals surface area contributed by atoms with Gasteiger partial charge in [-0.1, -0.05) is 12.1 Å². The second kappa shape index (κ2) is 7.67. The molecule has 106 valence electrons. The van der Waals surface area contributed by atoms with Crippen LogP contribution < -0.4 is 16.0 Å². The molecule has 0 aliphatic heterocycles. The molecule has 0 saturated carbocycles. The summed E-state index contributed by atoms with van der Waals surface area (Å²) in [7, 11) is 0. The van der Waals surface area contributed by atoms with Crippen molar-refractivity contribution in [3.05, 3.63) is 29.8 Å². The Morgan fingerprint density at radius 2 is 2.16 bits per heavy atom. The Hall–Kier alpha value is -1.71. The van der Waals surface area contributed by atoms with Crippen molar-refractivity contribution in [3.8, 4) is 0 Å². The van der Waals surface area contributed by atoms with Gasteiger partial charge < -0.3 is 16.0 Å². The van der Waals surface area contributed by atoms with E-state index >= 15 is 0 Å². The van der Waals surface area contributed by atoms with E-state index in [-0.39, 0.29) is 0 Å². The van der Waals surface area contributed by atoms with Gasteiger partial charge in [0, 0.05) is 24.8 Å². The predicted molar refractivity (Wildman–Crippen MR) is 83.8 cm³/mol. The highest BCUT2D eigenvalue weighted by atomic mass is 15.2. The summed E-state index contributed by atoms with van der Waals surface area (Å²) in [5.41, 5.74) is 8.31. The Bertz CT molecular complexity index is 412. The fraction of sp³-hybridized carbons (Fsp3) is 0.533. The molecule has 0 radical (unpaired) electrons. The maximum absolute atomic E-state index is 5.79. The monoisotopic (exact) mass is 262 g/mol. The van der Waals surface area contributed by atoms with Crippen LogP contribution >= 0.6 is 0 Å². The van der Waals surface area contributed by atoms with Crippen molar-refractivity contribution in [2.75, 3.05) is 24.5 Å². The number of aryl methyl sites for hydroxylation is 1. The fourth-order valence-corrected chi connectivity index (χ4v) is 1.93. The van der Waals surface area contributed by atoms with E-state index in [0.717, 1.165) is 13.1 Å². The topological polar surface area (TPSA) is 53.6 Å². The number of aliphatic imine (C=N–C) groups is 1. The molecule has 0 atom stereocenters. The van der Waals surface area contributed by atoms with Crippen LogP contribution in [0.3, 0.4) is 0 Å². The van der Waals surface area contributed by atoms with Gasteiger partial charge in [0.15, 0.2) is 5.96 Å². The van der Waals surface area contributed by atoms with E-state index in [9.17, 15) is 0 Å². The molecule has 0 bridgehead atoms. The molecule has 1 rings (SSSR count). The van der Waals surface area contributed by atoms with Gasteiger partial charge in [0.2, 0.25) is 0 Å². The summed E-state index contributed by atoms with van der Waals surface area (Å²) in [5, 5.41) is 3.09. The average Bonchev–Trinajstić information content (AvgIpc) is 2.33. The summed E-state index contributed by atoms with van der Waals surface area (Å²) in [6.07, 6.45) is 0. The van der Waals surface area contributed by atoms with Gasteiger partial charge in [-0.2, -0.15) is 0 Å². The molecule has 1 aromatic carbocycles. The molecule has 3 N–H and O–H groups in total. The van der Waals surface area contributed by atoms with Crippen molar-refractivity contribution >= 4 is 11.6 Å². The summed E-state index contributed by atoms with van der Waals surface area (Å²) in [4.78, 5) is 6.65. The standard InChI is InChI=1S/C15H26N4/c1-5-19(14-8-6-7-13(4)11-14)10-9-17-15(16)18-12(2)3/h6-8,11-12H,5,9-10H2,1-4H3,(H3,16,17,18). The molecule has 0 spiro atoms. The van der Waals surface area contributed by atoms with Gasteiger partial charge in [0.1, 0.15) is 0 Å². The van der Waals surface area contributed by atoms with Crippen molar-refractivity contribution in [2.24, 2.45) is 10.7 Å². The molecule has 0 fully saturated rings. The number of rotatable bonds is 6. The summed E-state index contributed by atoms with van der Waals surface area (Å²) in [6, 6.07) is 8.85. The maximum atomic E-state index is 5.79. The van der Waals surface area contributed by atoms with Crippen LogP contribution in [0.15, 0.2) is 29.3 Å². The molecule has 4 heteroatoms. The third kappa shape index (κ3) is 5.64. The quantitative estimate of drug-likeness (QED) is 0.610. The lowest BCUT2D eigenvalue weighted by Gasteiger charge is -2.22. The minimum atomic E-state index is 0.322. The number of nitrogens with two attached hydrogens (primary N) is 1. The number of anilines is 1. The molecule has 1 aromatic rings. The van der Waals surface area contributed by atoms with Crippen molar-refractivity contribution in [3.63, 3.8) is 0 Å². The first kappa shape index (κ1) is 15.3. The lowest BCUT2D eigenvalue weighted by atomic mass is 10.2.